The highest BCUT2D eigenvalue weighted by Gasteiger charge is 2.13. The first-order valence-corrected chi connectivity index (χ1v) is 6.30. The smallest absolute Gasteiger partial charge is 0.178 e. The maximum absolute atomic E-state index is 11.4. The van der Waals surface area contributed by atoms with Gasteiger partial charge in [0.05, 0.1) is 22.8 Å². The second-order valence-electron chi connectivity index (χ2n) is 3.94. The average Bonchev–Trinajstić information content (AvgIpc) is 2.41. The van der Waals surface area contributed by atoms with Crippen molar-refractivity contribution in [2.45, 2.75) is 6.92 Å². The van der Waals surface area contributed by atoms with Crippen LogP contribution in [0.4, 0.5) is 0 Å². The summed E-state index contributed by atoms with van der Waals surface area (Å²) in [6.07, 6.45) is 0. The molecule has 5 heteroatoms. The van der Waals surface area contributed by atoms with E-state index in [1.165, 1.54) is 13.0 Å². The van der Waals surface area contributed by atoms with E-state index >= 15 is 0 Å². The van der Waals surface area contributed by atoms with Gasteiger partial charge in [-0.1, -0.05) is 23.2 Å². The van der Waals surface area contributed by atoms with Crippen LogP contribution in [0.25, 0.3) is 11.3 Å². The lowest BCUT2D eigenvalue weighted by Gasteiger charge is -2.08. The normalized spacial score (nSPS) is 10.3. The zero-order chi connectivity index (χ0) is 14.0. The third kappa shape index (κ3) is 2.88. The van der Waals surface area contributed by atoms with Crippen LogP contribution in [0.3, 0.4) is 0 Å². The quantitative estimate of drug-likeness (QED) is 0.794. The van der Waals surface area contributed by atoms with Crippen LogP contribution in [0.1, 0.15) is 17.4 Å². The Balaban J connectivity index is 2.56. The van der Waals surface area contributed by atoms with Gasteiger partial charge in [-0.05, 0) is 30.3 Å². The molecule has 1 aromatic heterocycles. The van der Waals surface area contributed by atoms with Crippen molar-refractivity contribution < 1.29 is 9.53 Å². The molecule has 2 aromatic rings. The summed E-state index contributed by atoms with van der Waals surface area (Å²) < 4.78 is 5.09. The molecule has 1 heterocycles. The molecule has 0 spiro atoms. The Morgan fingerprint density at radius 3 is 2.37 bits per heavy atom. The van der Waals surface area contributed by atoms with Crippen molar-refractivity contribution >= 4 is 29.0 Å². The standard InChI is InChI=1S/C14H11Cl2NO2/c1-8(18)12-7-11(15)13(16)14(17-12)9-3-5-10(19-2)6-4-9/h3-7H,1-2H3. The highest BCUT2D eigenvalue weighted by atomic mass is 35.5. The number of benzene rings is 1. The number of rotatable bonds is 3. The zero-order valence-electron chi connectivity index (χ0n) is 10.4. The molecule has 0 atom stereocenters. The van der Waals surface area contributed by atoms with Gasteiger partial charge >= 0.3 is 0 Å². The highest BCUT2D eigenvalue weighted by molar-refractivity contribution is 6.43. The van der Waals surface area contributed by atoms with E-state index < -0.39 is 0 Å². The lowest BCUT2D eigenvalue weighted by molar-refractivity contribution is 0.101. The molecule has 0 saturated carbocycles. The van der Waals surface area contributed by atoms with Crippen molar-refractivity contribution in [1.82, 2.24) is 4.98 Å². The fraction of sp³-hybridized carbons (Fsp3) is 0.143. The molecule has 1 aromatic carbocycles. The number of hydrogen-bond donors (Lipinski definition) is 0. The van der Waals surface area contributed by atoms with Crippen molar-refractivity contribution in [2.24, 2.45) is 0 Å². The molecule has 0 N–H and O–H groups in total. The molecular formula is C14H11Cl2NO2. The summed E-state index contributed by atoms with van der Waals surface area (Å²) >= 11 is 12.2. The SMILES string of the molecule is COc1ccc(-c2nc(C(C)=O)cc(Cl)c2Cl)cc1. The molecule has 0 aliphatic carbocycles. The summed E-state index contributed by atoms with van der Waals surface area (Å²) in [4.78, 5) is 15.7. The Morgan fingerprint density at radius 2 is 1.84 bits per heavy atom. The molecule has 2 rings (SSSR count). The van der Waals surface area contributed by atoms with Crippen LogP contribution in [0.5, 0.6) is 5.75 Å². The van der Waals surface area contributed by atoms with E-state index in [9.17, 15) is 4.79 Å². The lowest BCUT2D eigenvalue weighted by atomic mass is 10.1. The van der Waals surface area contributed by atoms with Crippen LogP contribution in [-0.4, -0.2) is 17.9 Å². The maximum Gasteiger partial charge on any atom is 0.178 e. The summed E-state index contributed by atoms with van der Waals surface area (Å²) in [5, 5.41) is 0.643. The largest absolute Gasteiger partial charge is 0.497 e. The van der Waals surface area contributed by atoms with Crippen molar-refractivity contribution in [1.29, 1.82) is 0 Å². The number of halogens is 2. The molecule has 0 radical (unpaired) electrons. The summed E-state index contributed by atoms with van der Waals surface area (Å²) in [5.74, 6) is 0.571. The zero-order valence-corrected chi connectivity index (χ0v) is 11.9. The highest BCUT2D eigenvalue weighted by Crippen LogP contribution is 2.33. The fourth-order valence-electron chi connectivity index (χ4n) is 1.62. The number of carbonyl (C=O) groups is 1. The predicted molar refractivity (Wildman–Crippen MR) is 76.2 cm³/mol. The number of ether oxygens (including phenoxy) is 1. The van der Waals surface area contributed by atoms with E-state index in [0.29, 0.717) is 21.4 Å². The minimum atomic E-state index is -0.159. The summed E-state index contributed by atoms with van der Waals surface area (Å²) in [6.45, 7) is 1.43. The monoisotopic (exact) mass is 295 g/mol. The molecule has 0 fully saturated rings. The lowest BCUT2D eigenvalue weighted by Crippen LogP contribution is -1.99. The van der Waals surface area contributed by atoms with Gasteiger partial charge < -0.3 is 4.74 Å². The molecular weight excluding hydrogens is 285 g/mol. The van der Waals surface area contributed by atoms with Gasteiger partial charge in [0, 0.05) is 12.5 Å². The van der Waals surface area contributed by atoms with Gasteiger partial charge in [0.1, 0.15) is 11.4 Å². The number of ketones is 1. The van der Waals surface area contributed by atoms with Crippen molar-refractivity contribution in [3.8, 4) is 17.0 Å². The van der Waals surface area contributed by atoms with Crippen LogP contribution < -0.4 is 4.74 Å². The van der Waals surface area contributed by atoms with E-state index in [-0.39, 0.29) is 5.78 Å². The van der Waals surface area contributed by atoms with Gasteiger partial charge in [0.25, 0.3) is 0 Å². The second-order valence-corrected chi connectivity index (χ2v) is 4.72. The Bertz CT molecular complexity index is 624. The predicted octanol–water partition coefficient (Wildman–Crippen LogP) is 4.27. The summed E-state index contributed by atoms with van der Waals surface area (Å²) in [5.41, 5.74) is 1.55. The molecule has 0 amide bonds. The Labute approximate surface area is 121 Å². The molecule has 3 nitrogen and oxygen atoms in total. The number of pyridine rings is 1. The average molecular weight is 296 g/mol. The van der Waals surface area contributed by atoms with Gasteiger partial charge in [-0.25, -0.2) is 4.98 Å². The molecule has 98 valence electrons. The van der Waals surface area contributed by atoms with Crippen molar-refractivity contribution in [3.05, 3.63) is 46.1 Å². The number of Topliss-reactive ketones (excluding diaryl/α,β-unsaturated/α-hetero) is 1. The first-order valence-electron chi connectivity index (χ1n) is 5.54. The van der Waals surface area contributed by atoms with Crippen molar-refractivity contribution in [2.75, 3.05) is 7.11 Å². The summed E-state index contributed by atoms with van der Waals surface area (Å²) in [7, 11) is 1.59. The van der Waals surface area contributed by atoms with Gasteiger partial charge in [-0.15, -0.1) is 0 Å². The minimum Gasteiger partial charge on any atom is -0.497 e. The first-order chi connectivity index (χ1) is 9.02. The van der Waals surface area contributed by atoms with E-state index in [2.05, 4.69) is 4.98 Å². The number of hydrogen-bond acceptors (Lipinski definition) is 3. The van der Waals surface area contributed by atoms with Crippen LogP contribution in [-0.2, 0) is 0 Å². The van der Waals surface area contributed by atoms with Crippen LogP contribution in [0.15, 0.2) is 30.3 Å². The van der Waals surface area contributed by atoms with Gasteiger partial charge in [-0.2, -0.15) is 0 Å². The Hall–Kier alpha value is -1.58. The minimum absolute atomic E-state index is 0.159. The third-order valence-corrected chi connectivity index (χ3v) is 3.41. The van der Waals surface area contributed by atoms with Crippen LogP contribution in [0, 0.1) is 0 Å². The van der Waals surface area contributed by atoms with Gasteiger partial charge in [0.2, 0.25) is 0 Å². The Morgan fingerprint density at radius 1 is 1.21 bits per heavy atom. The third-order valence-electron chi connectivity index (χ3n) is 2.64. The van der Waals surface area contributed by atoms with Crippen LogP contribution in [0.2, 0.25) is 10.0 Å². The molecule has 0 aliphatic rings. The number of nitrogens with zero attached hydrogens (tertiary/aromatic N) is 1. The van der Waals surface area contributed by atoms with E-state index in [1.54, 1.807) is 19.2 Å². The fourth-order valence-corrected chi connectivity index (χ4v) is 2.02. The van der Waals surface area contributed by atoms with E-state index in [4.69, 9.17) is 27.9 Å². The molecule has 0 unspecified atom stereocenters. The first kappa shape index (κ1) is 13.8. The molecule has 19 heavy (non-hydrogen) atoms. The van der Waals surface area contributed by atoms with E-state index in [1.807, 2.05) is 12.1 Å². The van der Waals surface area contributed by atoms with Gasteiger partial charge in [0.15, 0.2) is 5.78 Å². The Kier molecular flexibility index (Phi) is 4.08. The van der Waals surface area contributed by atoms with E-state index in [0.717, 1.165) is 11.3 Å². The second kappa shape index (κ2) is 5.59. The molecule has 0 bridgehead atoms. The van der Waals surface area contributed by atoms with Gasteiger partial charge in [-0.3, -0.25) is 4.79 Å². The van der Waals surface area contributed by atoms with Crippen LogP contribution >= 0.6 is 23.2 Å². The summed E-state index contributed by atoms with van der Waals surface area (Å²) in [6, 6.07) is 8.68. The topological polar surface area (TPSA) is 39.2 Å². The number of carbonyl (C=O) groups excluding carboxylic acids is 1. The molecule has 0 saturated heterocycles. The molecule has 0 aliphatic heterocycles. The number of aromatic nitrogens is 1. The van der Waals surface area contributed by atoms with Crippen molar-refractivity contribution in [3.63, 3.8) is 0 Å². The maximum atomic E-state index is 11.4. The number of methoxy groups -OCH3 is 1.